The van der Waals surface area contributed by atoms with Gasteiger partial charge in [0.25, 0.3) is 20.2 Å². The molecule has 8 aromatic rings. The minimum absolute atomic E-state index is 0.0210. The molecule has 8 nitrogen and oxygen atoms in total. The van der Waals surface area contributed by atoms with E-state index in [1.807, 2.05) is 56.3 Å². The number of hydrogen-bond acceptors (Lipinski definition) is 6. The molecule has 0 aliphatic rings. The number of benzene rings is 6. The van der Waals surface area contributed by atoms with Crippen molar-refractivity contribution in [1.82, 2.24) is 9.13 Å². The summed E-state index contributed by atoms with van der Waals surface area (Å²) in [4.78, 5) is 0.268. The Morgan fingerprint density at radius 2 is 0.962 bits per heavy atom. The van der Waals surface area contributed by atoms with Crippen LogP contribution in [0.1, 0.15) is 11.1 Å². The van der Waals surface area contributed by atoms with Crippen molar-refractivity contribution in [2.45, 2.75) is 36.7 Å². The molecule has 52 heavy (non-hydrogen) atoms. The number of hydrogen-bond donors (Lipinski definition) is 0. The van der Waals surface area contributed by atoms with Gasteiger partial charge in [0.1, 0.15) is 0 Å². The van der Waals surface area contributed by atoms with E-state index in [4.69, 9.17) is 8.37 Å². The van der Waals surface area contributed by atoms with E-state index in [1.54, 1.807) is 48.5 Å². The molecule has 0 aliphatic heterocycles. The highest BCUT2D eigenvalue weighted by atomic mass is 32.2. The second kappa shape index (κ2) is 13.4. The fourth-order valence-electron chi connectivity index (χ4n) is 7.06. The summed E-state index contributed by atoms with van der Waals surface area (Å²) in [5.41, 5.74) is 7.85. The fourth-order valence-corrected chi connectivity index (χ4v) is 8.86. The van der Waals surface area contributed by atoms with Gasteiger partial charge in [0.15, 0.2) is 0 Å². The Balaban J connectivity index is 1.15. The molecule has 0 atom stereocenters. The first kappa shape index (κ1) is 33.9. The lowest BCUT2D eigenvalue weighted by atomic mass is 10.00. The van der Waals surface area contributed by atoms with E-state index in [0.717, 1.165) is 65.9 Å². The van der Waals surface area contributed by atoms with Gasteiger partial charge in [-0.2, -0.15) is 16.8 Å². The number of fused-ring (bicyclic) bond motifs is 6. The molecule has 0 spiro atoms. The maximum absolute atomic E-state index is 13.0. The summed E-state index contributed by atoms with van der Waals surface area (Å²) in [6.45, 7) is 4.41. The quantitative estimate of drug-likeness (QED) is 0.123. The van der Waals surface area contributed by atoms with Gasteiger partial charge < -0.3 is 9.13 Å². The van der Waals surface area contributed by atoms with Gasteiger partial charge in [0.05, 0.1) is 28.5 Å². The van der Waals surface area contributed by atoms with E-state index < -0.39 is 20.2 Å². The van der Waals surface area contributed by atoms with E-state index in [0.29, 0.717) is 13.1 Å². The lowest BCUT2D eigenvalue weighted by molar-refractivity contribution is 0.303. The first-order chi connectivity index (χ1) is 25.1. The zero-order chi connectivity index (χ0) is 36.0. The lowest BCUT2D eigenvalue weighted by Crippen LogP contribution is -2.12. The molecule has 0 amide bonds. The third-order valence-corrected chi connectivity index (χ3v) is 12.3. The molecule has 0 bridgehead atoms. The topological polar surface area (TPSA) is 96.6 Å². The fraction of sp³-hybridized carbons (Fsp3) is 0.143. The number of aromatic nitrogens is 2. The van der Waals surface area contributed by atoms with Gasteiger partial charge in [-0.15, -0.1) is 0 Å². The number of rotatable bonds is 11. The van der Waals surface area contributed by atoms with E-state index in [-0.39, 0.29) is 23.0 Å². The van der Waals surface area contributed by atoms with Crippen LogP contribution in [0.2, 0.25) is 0 Å². The van der Waals surface area contributed by atoms with Crippen molar-refractivity contribution in [3.8, 4) is 11.1 Å². The molecular formula is C42H36N2O6S2. The third kappa shape index (κ3) is 6.17. The van der Waals surface area contributed by atoms with E-state index in [1.165, 1.54) is 0 Å². The SMILES string of the molecule is Cc1ccc(S(=O)(=O)OCCn2c3ccccc3c3cc(-c4cccc5c6ccccc6n(CCOS(=O)(=O)c6ccc(C)cc6)c45)ccc32)cc1. The summed E-state index contributed by atoms with van der Waals surface area (Å²) in [6, 6.07) is 42.0. The van der Waals surface area contributed by atoms with Crippen molar-refractivity contribution in [1.29, 1.82) is 0 Å². The Labute approximate surface area is 302 Å². The van der Waals surface area contributed by atoms with Crippen LogP contribution in [-0.4, -0.2) is 39.2 Å². The molecule has 0 N–H and O–H groups in total. The van der Waals surface area contributed by atoms with Crippen LogP contribution in [0.4, 0.5) is 0 Å². The van der Waals surface area contributed by atoms with Crippen molar-refractivity contribution in [3.63, 3.8) is 0 Å². The first-order valence-electron chi connectivity index (χ1n) is 17.0. The van der Waals surface area contributed by atoms with Gasteiger partial charge in [-0.1, -0.05) is 96.1 Å². The van der Waals surface area contributed by atoms with Gasteiger partial charge in [-0.3, -0.25) is 8.37 Å². The molecule has 0 radical (unpaired) electrons. The summed E-state index contributed by atoms with van der Waals surface area (Å²) in [6.07, 6.45) is 0. The predicted octanol–water partition coefficient (Wildman–Crippen LogP) is 9.00. The number of nitrogens with zero attached hydrogens (tertiary/aromatic N) is 2. The molecule has 0 saturated heterocycles. The zero-order valence-electron chi connectivity index (χ0n) is 28.7. The van der Waals surface area contributed by atoms with Gasteiger partial charge in [0, 0.05) is 56.7 Å². The van der Waals surface area contributed by atoms with Crippen molar-refractivity contribution < 1.29 is 25.2 Å². The molecule has 10 heteroatoms. The zero-order valence-corrected chi connectivity index (χ0v) is 30.3. The Morgan fingerprint density at radius 1 is 0.481 bits per heavy atom. The van der Waals surface area contributed by atoms with Crippen LogP contribution in [-0.2, 0) is 41.7 Å². The van der Waals surface area contributed by atoms with Gasteiger partial charge in [-0.05, 0) is 67.9 Å². The average molecular weight is 729 g/mol. The Kier molecular flexibility index (Phi) is 8.71. The largest absolute Gasteiger partial charge is 0.338 e. The minimum atomic E-state index is -3.93. The average Bonchev–Trinajstić information content (AvgIpc) is 3.64. The summed E-state index contributed by atoms with van der Waals surface area (Å²) in [7, 11) is -7.84. The second-order valence-corrected chi connectivity index (χ2v) is 16.2. The summed E-state index contributed by atoms with van der Waals surface area (Å²) in [5, 5.41) is 4.20. The number of aryl methyl sites for hydroxylation is 2. The maximum Gasteiger partial charge on any atom is 0.297 e. The summed E-state index contributed by atoms with van der Waals surface area (Å²) < 4.78 is 67.2. The highest BCUT2D eigenvalue weighted by Gasteiger charge is 2.20. The second-order valence-electron chi connectivity index (χ2n) is 12.9. The van der Waals surface area contributed by atoms with Crippen LogP contribution >= 0.6 is 0 Å². The number of para-hydroxylation sites is 3. The molecule has 0 aliphatic carbocycles. The summed E-state index contributed by atoms with van der Waals surface area (Å²) in [5.74, 6) is 0. The van der Waals surface area contributed by atoms with Crippen molar-refractivity contribution in [3.05, 3.63) is 145 Å². The first-order valence-corrected chi connectivity index (χ1v) is 19.9. The van der Waals surface area contributed by atoms with Crippen LogP contribution < -0.4 is 0 Å². The van der Waals surface area contributed by atoms with Crippen molar-refractivity contribution in [2.24, 2.45) is 0 Å². The molecule has 6 aromatic carbocycles. The van der Waals surface area contributed by atoms with Crippen LogP contribution in [0.25, 0.3) is 54.7 Å². The van der Waals surface area contributed by atoms with E-state index in [2.05, 4.69) is 51.6 Å². The molecule has 0 unspecified atom stereocenters. The smallest absolute Gasteiger partial charge is 0.297 e. The van der Waals surface area contributed by atoms with Crippen LogP contribution in [0.15, 0.2) is 143 Å². The maximum atomic E-state index is 13.0. The lowest BCUT2D eigenvalue weighted by Gasteiger charge is -2.13. The highest BCUT2D eigenvalue weighted by molar-refractivity contribution is 7.87. The Morgan fingerprint density at radius 3 is 1.56 bits per heavy atom. The molecule has 2 aromatic heterocycles. The predicted molar refractivity (Wildman–Crippen MR) is 207 cm³/mol. The standard InChI is InChI=1S/C42H36N2O6S2/c1-29-14-19-32(20-15-29)51(45,46)49-26-24-43-39-12-5-4-9-36(39)38-28-31(18-23-41(38)43)34-10-7-11-37-35-8-3-6-13-40(35)44(42(34)37)25-27-50-52(47,48)33-21-16-30(2)17-22-33/h3-23,28H,24-27H2,1-2H3. The highest BCUT2D eigenvalue weighted by Crippen LogP contribution is 2.39. The van der Waals surface area contributed by atoms with Crippen molar-refractivity contribution in [2.75, 3.05) is 13.2 Å². The van der Waals surface area contributed by atoms with Gasteiger partial charge in [0.2, 0.25) is 0 Å². The summed E-state index contributed by atoms with van der Waals surface area (Å²) >= 11 is 0. The van der Waals surface area contributed by atoms with Crippen LogP contribution in [0.3, 0.4) is 0 Å². The monoisotopic (exact) mass is 728 g/mol. The molecule has 262 valence electrons. The van der Waals surface area contributed by atoms with Gasteiger partial charge in [-0.25, -0.2) is 0 Å². The molecular weight excluding hydrogens is 693 g/mol. The molecule has 8 rings (SSSR count). The van der Waals surface area contributed by atoms with E-state index >= 15 is 0 Å². The Hall–Kier alpha value is -5.26. The Bertz CT molecular complexity index is 2840. The normalized spacial score (nSPS) is 12.4. The molecule has 0 saturated carbocycles. The molecule has 2 heterocycles. The third-order valence-electron chi connectivity index (χ3n) is 9.60. The van der Waals surface area contributed by atoms with Crippen LogP contribution in [0.5, 0.6) is 0 Å². The van der Waals surface area contributed by atoms with E-state index in [9.17, 15) is 16.8 Å². The van der Waals surface area contributed by atoms with Crippen LogP contribution in [0, 0.1) is 13.8 Å². The van der Waals surface area contributed by atoms with Crippen molar-refractivity contribution >= 4 is 63.8 Å². The molecule has 0 fully saturated rings. The van der Waals surface area contributed by atoms with Gasteiger partial charge >= 0.3 is 0 Å². The minimum Gasteiger partial charge on any atom is -0.338 e.